The number of benzene rings is 2. The van der Waals surface area contributed by atoms with E-state index in [2.05, 4.69) is 4.99 Å². The highest BCUT2D eigenvalue weighted by molar-refractivity contribution is 7.16. The van der Waals surface area contributed by atoms with Crippen LogP contribution in [0.2, 0.25) is 0 Å². The molecule has 4 rings (SSSR count). The molecule has 29 heavy (non-hydrogen) atoms. The van der Waals surface area contributed by atoms with Crippen molar-refractivity contribution in [3.05, 3.63) is 51.8 Å². The van der Waals surface area contributed by atoms with Crippen LogP contribution in [0.25, 0.3) is 10.2 Å². The molecule has 8 heteroatoms. The molecule has 0 spiro atoms. The van der Waals surface area contributed by atoms with Crippen molar-refractivity contribution in [1.29, 1.82) is 0 Å². The van der Waals surface area contributed by atoms with E-state index in [9.17, 15) is 9.59 Å². The van der Waals surface area contributed by atoms with E-state index in [1.54, 1.807) is 0 Å². The summed E-state index contributed by atoms with van der Waals surface area (Å²) in [6, 6.07) is 9.44. The first-order chi connectivity index (χ1) is 14.0. The van der Waals surface area contributed by atoms with Gasteiger partial charge in [-0.25, -0.2) is 0 Å². The Hall–Kier alpha value is -3.13. The van der Waals surface area contributed by atoms with E-state index >= 15 is 0 Å². The van der Waals surface area contributed by atoms with Gasteiger partial charge in [0.05, 0.1) is 23.7 Å². The maximum absolute atomic E-state index is 12.9. The molecule has 0 saturated carbocycles. The van der Waals surface area contributed by atoms with Crippen LogP contribution in [-0.4, -0.2) is 30.3 Å². The van der Waals surface area contributed by atoms with Crippen molar-refractivity contribution in [3.8, 4) is 11.5 Å². The van der Waals surface area contributed by atoms with Gasteiger partial charge in [0.25, 0.3) is 5.91 Å². The number of ether oxygens (including phenoxy) is 3. The van der Waals surface area contributed by atoms with Crippen molar-refractivity contribution in [2.24, 2.45) is 4.99 Å². The van der Waals surface area contributed by atoms with Crippen LogP contribution in [0.15, 0.2) is 35.3 Å². The highest BCUT2D eigenvalue weighted by Crippen LogP contribution is 2.37. The number of hydrogen-bond donors (Lipinski definition) is 0. The van der Waals surface area contributed by atoms with Crippen molar-refractivity contribution in [2.45, 2.75) is 26.8 Å². The molecule has 0 radical (unpaired) electrons. The summed E-state index contributed by atoms with van der Waals surface area (Å²) in [5.41, 5.74) is 3.26. The van der Waals surface area contributed by atoms with Crippen LogP contribution in [0.3, 0.4) is 0 Å². The first-order valence-electron chi connectivity index (χ1n) is 9.12. The molecule has 0 atom stereocenters. The van der Waals surface area contributed by atoms with E-state index in [1.165, 1.54) is 18.4 Å². The minimum absolute atomic E-state index is 0.168. The molecule has 1 aromatic heterocycles. The van der Waals surface area contributed by atoms with E-state index in [1.807, 2.05) is 48.7 Å². The second-order valence-corrected chi connectivity index (χ2v) is 7.78. The maximum Gasteiger partial charge on any atom is 0.307 e. The number of esters is 1. The zero-order valence-electron chi connectivity index (χ0n) is 16.4. The molecule has 150 valence electrons. The number of aromatic nitrogens is 1. The third-order valence-corrected chi connectivity index (χ3v) is 5.81. The molecule has 1 aliphatic heterocycles. The second-order valence-electron chi connectivity index (χ2n) is 6.77. The van der Waals surface area contributed by atoms with Gasteiger partial charge in [-0.05, 0) is 25.5 Å². The van der Waals surface area contributed by atoms with Gasteiger partial charge < -0.3 is 18.8 Å². The predicted octanol–water partition coefficient (Wildman–Crippen LogP) is 3.35. The fourth-order valence-electron chi connectivity index (χ4n) is 3.18. The van der Waals surface area contributed by atoms with Gasteiger partial charge in [0.2, 0.25) is 6.79 Å². The summed E-state index contributed by atoms with van der Waals surface area (Å²) in [4.78, 5) is 29.5. The lowest BCUT2D eigenvalue weighted by Gasteiger charge is -2.06. The lowest BCUT2D eigenvalue weighted by atomic mass is 10.1. The highest BCUT2D eigenvalue weighted by atomic mass is 32.1. The van der Waals surface area contributed by atoms with Crippen LogP contribution in [0.1, 0.15) is 27.9 Å². The van der Waals surface area contributed by atoms with Crippen LogP contribution in [0.4, 0.5) is 0 Å². The third kappa shape index (κ3) is 3.75. The zero-order chi connectivity index (χ0) is 20.5. The molecule has 0 unspecified atom stereocenters. The van der Waals surface area contributed by atoms with Crippen molar-refractivity contribution in [2.75, 3.05) is 13.9 Å². The standard InChI is InChI=1S/C21H20N2O5S/c1-12-4-5-13(2)14(8-12)20(25)22-21-23(7-6-19(24)26-3)15-9-16-17(28-11-27-16)10-18(15)29-21/h4-5,8-10H,6-7,11H2,1-3H3. The smallest absolute Gasteiger partial charge is 0.307 e. The minimum Gasteiger partial charge on any atom is -0.469 e. The first-order valence-corrected chi connectivity index (χ1v) is 9.94. The Labute approximate surface area is 171 Å². The SMILES string of the molecule is COC(=O)CCn1c(=NC(=O)c2cc(C)ccc2C)sc2cc3c(cc21)OCO3. The number of fused-ring (bicyclic) bond motifs is 2. The fourth-order valence-corrected chi connectivity index (χ4v) is 4.24. The van der Waals surface area contributed by atoms with Gasteiger partial charge in [-0.15, -0.1) is 0 Å². The molecule has 0 N–H and O–H groups in total. The lowest BCUT2D eigenvalue weighted by Crippen LogP contribution is -2.19. The average molecular weight is 412 g/mol. The van der Waals surface area contributed by atoms with Crippen LogP contribution < -0.4 is 14.3 Å². The molecule has 2 heterocycles. The van der Waals surface area contributed by atoms with E-state index in [-0.39, 0.29) is 25.1 Å². The van der Waals surface area contributed by atoms with Gasteiger partial charge in [0, 0.05) is 24.2 Å². The normalized spacial score (nSPS) is 13.1. The van der Waals surface area contributed by atoms with Gasteiger partial charge in [-0.3, -0.25) is 9.59 Å². The number of methoxy groups -OCH3 is 1. The number of carbonyl (C=O) groups excluding carboxylic acids is 2. The van der Waals surface area contributed by atoms with E-state index in [0.29, 0.717) is 28.4 Å². The minimum atomic E-state index is -0.329. The van der Waals surface area contributed by atoms with Crippen LogP contribution >= 0.6 is 11.3 Å². The quantitative estimate of drug-likeness (QED) is 0.614. The van der Waals surface area contributed by atoms with Crippen LogP contribution in [0.5, 0.6) is 11.5 Å². The summed E-state index contributed by atoms with van der Waals surface area (Å²) in [5.74, 6) is 0.648. The molecule has 1 aliphatic rings. The molecule has 0 saturated heterocycles. The average Bonchev–Trinajstić information content (AvgIpc) is 3.29. The summed E-state index contributed by atoms with van der Waals surface area (Å²) in [6.45, 7) is 4.34. The van der Waals surface area contributed by atoms with Gasteiger partial charge in [0.1, 0.15) is 0 Å². The fraction of sp³-hybridized carbons (Fsp3) is 0.286. The summed E-state index contributed by atoms with van der Waals surface area (Å²) >= 11 is 1.37. The number of hydrogen-bond acceptors (Lipinski definition) is 6. The molecule has 3 aromatic rings. The number of rotatable bonds is 4. The molecule has 0 aliphatic carbocycles. The predicted molar refractivity (Wildman–Crippen MR) is 108 cm³/mol. The Morgan fingerprint density at radius 3 is 2.69 bits per heavy atom. The molecular weight excluding hydrogens is 392 g/mol. The first kappa shape index (κ1) is 19.2. The van der Waals surface area contributed by atoms with E-state index in [4.69, 9.17) is 14.2 Å². The topological polar surface area (TPSA) is 79.1 Å². The Kier molecular flexibility index (Phi) is 5.10. The zero-order valence-corrected chi connectivity index (χ0v) is 17.2. The van der Waals surface area contributed by atoms with Crippen molar-refractivity contribution in [3.63, 3.8) is 0 Å². The number of thiazole rings is 1. The van der Waals surface area contributed by atoms with Crippen LogP contribution in [-0.2, 0) is 16.1 Å². The molecule has 0 fully saturated rings. The second kappa shape index (κ2) is 7.71. The Morgan fingerprint density at radius 2 is 1.93 bits per heavy atom. The van der Waals surface area contributed by atoms with Gasteiger partial charge in [0.15, 0.2) is 16.3 Å². The summed E-state index contributed by atoms with van der Waals surface area (Å²) in [5, 5.41) is 0. The summed E-state index contributed by atoms with van der Waals surface area (Å²) in [6.07, 6.45) is 0.168. The van der Waals surface area contributed by atoms with Crippen molar-refractivity contribution < 1.29 is 23.8 Å². The number of amides is 1. The van der Waals surface area contributed by atoms with E-state index < -0.39 is 0 Å². The summed E-state index contributed by atoms with van der Waals surface area (Å²) in [7, 11) is 1.35. The monoisotopic (exact) mass is 412 g/mol. The number of aryl methyl sites for hydroxylation is 3. The van der Waals surface area contributed by atoms with Crippen LogP contribution in [0, 0.1) is 13.8 Å². The molecular formula is C21H20N2O5S. The molecule has 7 nitrogen and oxygen atoms in total. The van der Waals surface area contributed by atoms with Gasteiger partial charge >= 0.3 is 5.97 Å². The lowest BCUT2D eigenvalue weighted by molar-refractivity contribution is -0.140. The Balaban J connectivity index is 1.83. The van der Waals surface area contributed by atoms with Gasteiger partial charge in [-0.1, -0.05) is 29.0 Å². The molecule has 1 amide bonds. The number of nitrogens with zero attached hydrogens (tertiary/aromatic N) is 2. The van der Waals surface area contributed by atoms with Crippen molar-refractivity contribution in [1.82, 2.24) is 4.57 Å². The largest absolute Gasteiger partial charge is 0.469 e. The molecule has 0 bridgehead atoms. The van der Waals surface area contributed by atoms with Gasteiger partial charge in [-0.2, -0.15) is 4.99 Å². The number of carbonyl (C=O) groups is 2. The maximum atomic E-state index is 12.9. The Bertz CT molecular complexity index is 1190. The van der Waals surface area contributed by atoms with E-state index in [0.717, 1.165) is 21.3 Å². The highest BCUT2D eigenvalue weighted by Gasteiger charge is 2.19. The third-order valence-electron chi connectivity index (χ3n) is 4.76. The van der Waals surface area contributed by atoms with Crippen molar-refractivity contribution >= 4 is 33.4 Å². The summed E-state index contributed by atoms with van der Waals surface area (Å²) < 4.78 is 18.4. The Morgan fingerprint density at radius 1 is 1.17 bits per heavy atom. The molecule has 2 aromatic carbocycles.